The van der Waals surface area contributed by atoms with Crippen molar-refractivity contribution in [2.24, 2.45) is 0 Å². The molecule has 0 unspecified atom stereocenters. The van der Waals surface area contributed by atoms with Crippen molar-refractivity contribution in [1.82, 2.24) is 15.3 Å². The fraction of sp³-hybridized carbons (Fsp3) is 0.500. The first kappa shape index (κ1) is 12.4. The van der Waals surface area contributed by atoms with Gasteiger partial charge in [0.15, 0.2) is 5.69 Å². The maximum atomic E-state index is 11.2. The topological polar surface area (TPSA) is 76.1 Å². The maximum absolute atomic E-state index is 11.2. The fourth-order valence-electron chi connectivity index (χ4n) is 1.14. The van der Waals surface area contributed by atoms with Crippen molar-refractivity contribution in [2.75, 3.05) is 32.6 Å². The van der Waals surface area contributed by atoms with Gasteiger partial charge in [0.05, 0.1) is 19.5 Å². The predicted molar refractivity (Wildman–Crippen MR) is 60.4 cm³/mol. The second-order valence-corrected chi connectivity index (χ2v) is 3.17. The van der Waals surface area contributed by atoms with Gasteiger partial charge in [0.2, 0.25) is 0 Å². The lowest BCUT2D eigenvalue weighted by molar-refractivity contribution is 0.0593. The summed E-state index contributed by atoms with van der Waals surface area (Å²) in [5, 5.41) is 6.12. The number of anilines is 1. The molecule has 0 atom stereocenters. The number of carbonyl (C=O) groups excluding carboxylic acids is 1. The molecule has 0 amide bonds. The van der Waals surface area contributed by atoms with Crippen LogP contribution >= 0.6 is 0 Å². The average molecular weight is 224 g/mol. The van der Waals surface area contributed by atoms with E-state index in [9.17, 15) is 4.79 Å². The van der Waals surface area contributed by atoms with E-state index in [1.54, 1.807) is 6.20 Å². The molecule has 0 fully saturated rings. The molecule has 0 saturated heterocycles. The minimum atomic E-state index is -0.480. The molecule has 0 saturated carbocycles. The summed E-state index contributed by atoms with van der Waals surface area (Å²) in [5.41, 5.74) is 0.209. The maximum Gasteiger partial charge on any atom is 0.358 e. The molecule has 0 radical (unpaired) electrons. The van der Waals surface area contributed by atoms with Crippen LogP contribution < -0.4 is 10.6 Å². The highest BCUT2D eigenvalue weighted by Gasteiger charge is 2.07. The predicted octanol–water partition coefficient (Wildman–Crippen LogP) is 0.285. The molecule has 1 heterocycles. The Hall–Kier alpha value is -1.69. The first-order chi connectivity index (χ1) is 7.77. The van der Waals surface area contributed by atoms with E-state index in [1.165, 1.54) is 13.3 Å². The van der Waals surface area contributed by atoms with E-state index in [0.717, 1.165) is 19.5 Å². The van der Waals surface area contributed by atoms with Gasteiger partial charge in [-0.2, -0.15) is 0 Å². The van der Waals surface area contributed by atoms with Crippen LogP contribution in [0, 0.1) is 0 Å². The molecule has 0 aromatic carbocycles. The quantitative estimate of drug-likeness (QED) is 0.534. The first-order valence-corrected chi connectivity index (χ1v) is 5.06. The van der Waals surface area contributed by atoms with Gasteiger partial charge in [-0.05, 0) is 20.0 Å². The van der Waals surface area contributed by atoms with Crippen LogP contribution in [0.25, 0.3) is 0 Å². The third-order valence-corrected chi connectivity index (χ3v) is 1.94. The number of methoxy groups -OCH3 is 1. The molecule has 0 spiro atoms. The van der Waals surface area contributed by atoms with E-state index in [4.69, 9.17) is 0 Å². The van der Waals surface area contributed by atoms with Crippen molar-refractivity contribution >= 4 is 11.8 Å². The lowest BCUT2D eigenvalue weighted by Crippen LogP contribution is -2.14. The number of hydrogen-bond acceptors (Lipinski definition) is 6. The van der Waals surface area contributed by atoms with Crippen LogP contribution in [0.5, 0.6) is 0 Å². The normalized spacial score (nSPS) is 9.88. The number of ether oxygens (including phenoxy) is 1. The molecule has 6 nitrogen and oxygen atoms in total. The minimum Gasteiger partial charge on any atom is -0.464 e. The van der Waals surface area contributed by atoms with Crippen LogP contribution in [0.2, 0.25) is 0 Å². The van der Waals surface area contributed by atoms with Gasteiger partial charge in [-0.3, -0.25) is 4.98 Å². The van der Waals surface area contributed by atoms with Gasteiger partial charge in [0, 0.05) is 6.54 Å². The smallest absolute Gasteiger partial charge is 0.358 e. The summed E-state index contributed by atoms with van der Waals surface area (Å²) in [6.07, 6.45) is 3.93. The largest absolute Gasteiger partial charge is 0.464 e. The van der Waals surface area contributed by atoms with Gasteiger partial charge in [-0.15, -0.1) is 0 Å². The van der Waals surface area contributed by atoms with Crippen LogP contribution in [-0.2, 0) is 4.74 Å². The first-order valence-electron chi connectivity index (χ1n) is 5.06. The van der Waals surface area contributed by atoms with Crippen LogP contribution in [0.1, 0.15) is 16.9 Å². The van der Waals surface area contributed by atoms with E-state index < -0.39 is 5.97 Å². The van der Waals surface area contributed by atoms with E-state index in [2.05, 4.69) is 25.3 Å². The van der Waals surface area contributed by atoms with Crippen molar-refractivity contribution in [1.29, 1.82) is 0 Å². The van der Waals surface area contributed by atoms with Crippen LogP contribution in [-0.4, -0.2) is 43.2 Å². The third kappa shape index (κ3) is 3.82. The van der Waals surface area contributed by atoms with E-state index in [1.807, 2.05) is 7.05 Å². The number of aromatic nitrogens is 2. The summed E-state index contributed by atoms with van der Waals surface area (Å²) in [7, 11) is 3.22. The summed E-state index contributed by atoms with van der Waals surface area (Å²) in [6.45, 7) is 1.71. The average Bonchev–Trinajstić information content (AvgIpc) is 2.34. The van der Waals surface area contributed by atoms with Crippen molar-refractivity contribution in [3.8, 4) is 0 Å². The summed E-state index contributed by atoms with van der Waals surface area (Å²) >= 11 is 0. The zero-order chi connectivity index (χ0) is 11.8. The molecule has 2 N–H and O–H groups in total. The van der Waals surface area contributed by atoms with Gasteiger partial charge in [0.25, 0.3) is 0 Å². The highest BCUT2D eigenvalue weighted by atomic mass is 16.5. The molecule has 1 aromatic heterocycles. The van der Waals surface area contributed by atoms with E-state index in [-0.39, 0.29) is 5.69 Å². The van der Waals surface area contributed by atoms with Crippen LogP contribution in [0.4, 0.5) is 5.82 Å². The molecule has 88 valence electrons. The Morgan fingerprint density at radius 2 is 2.25 bits per heavy atom. The summed E-state index contributed by atoms with van der Waals surface area (Å²) in [6, 6.07) is 0. The second kappa shape index (κ2) is 6.73. The van der Waals surface area contributed by atoms with Crippen molar-refractivity contribution in [3.05, 3.63) is 18.1 Å². The van der Waals surface area contributed by atoms with Gasteiger partial charge in [0.1, 0.15) is 5.82 Å². The highest BCUT2D eigenvalue weighted by Crippen LogP contribution is 2.03. The zero-order valence-electron chi connectivity index (χ0n) is 9.49. The van der Waals surface area contributed by atoms with Gasteiger partial charge in [-0.1, -0.05) is 0 Å². The lowest BCUT2D eigenvalue weighted by Gasteiger charge is -2.05. The summed E-state index contributed by atoms with van der Waals surface area (Å²) < 4.78 is 4.56. The van der Waals surface area contributed by atoms with Gasteiger partial charge < -0.3 is 15.4 Å². The molecular formula is C10H16N4O2. The highest BCUT2D eigenvalue weighted by molar-refractivity contribution is 5.87. The molecule has 0 aliphatic rings. The molecule has 0 bridgehead atoms. The van der Waals surface area contributed by atoms with Crippen molar-refractivity contribution in [3.63, 3.8) is 0 Å². The van der Waals surface area contributed by atoms with E-state index >= 15 is 0 Å². The summed E-state index contributed by atoms with van der Waals surface area (Å²) in [5.74, 6) is 0.102. The van der Waals surface area contributed by atoms with Gasteiger partial charge in [-0.25, -0.2) is 9.78 Å². The number of carbonyl (C=O) groups is 1. The monoisotopic (exact) mass is 224 g/mol. The molecular weight excluding hydrogens is 208 g/mol. The Kier molecular flexibility index (Phi) is 5.21. The number of nitrogens with one attached hydrogen (secondary N) is 2. The molecule has 1 aromatic rings. The van der Waals surface area contributed by atoms with Crippen molar-refractivity contribution < 1.29 is 9.53 Å². The number of esters is 1. The van der Waals surface area contributed by atoms with E-state index in [0.29, 0.717) is 5.82 Å². The Labute approximate surface area is 94.4 Å². The molecule has 16 heavy (non-hydrogen) atoms. The number of rotatable bonds is 6. The molecule has 0 aliphatic carbocycles. The molecule has 0 aliphatic heterocycles. The summed E-state index contributed by atoms with van der Waals surface area (Å²) in [4.78, 5) is 19.2. The minimum absolute atomic E-state index is 0.209. The Balaban J connectivity index is 2.50. The number of nitrogens with zero attached hydrogens (tertiary/aromatic N) is 2. The van der Waals surface area contributed by atoms with Crippen molar-refractivity contribution in [2.45, 2.75) is 6.42 Å². The lowest BCUT2D eigenvalue weighted by atomic mass is 10.4. The zero-order valence-corrected chi connectivity index (χ0v) is 9.49. The Bertz CT molecular complexity index is 343. The standard InChI is InChI=1S/C10H16N4O2/c1-11-4-3-5-13-9-7-12-6-8(14-9)10(15)16-2/h6-7,11H,3-5H2,1-2H3,(H,13,14). The fourth-order valence-corrected chi connectivity index (χ4v) is 1.14. The van der Waals surface area contributed by atoms with Crippen LogP contribution in [0.15, 0.2) is 12.4 Å². The number of hydrogen-bond donors (Lipinski definition) is 2. The van der Waals surface area contributed by atoms with Gasteiger partial charge >= 0.3 is 5.97 Å². The Morgan fingerprint density at radius 3 is 2.94 bits per heavy atom. The Morgan fingerprint density at radius 1 is 1.44 bits per heavy atom. The SMILES string of the molecule is CNCCCNc1cncc(C(=O)OC)n1. The third-order valence-electron chi connectivity index (χ3n) is 1.94. The second-order valence-electron chi connectivity index (χ2n) is 3.17. The van der Waals surface area contributed by atoms with Crippen LogP contribution in [0.3, 0.4) is 0 Å². The molecule has 6 heteroatoms. The molecule has 1 rings (SSSR count).